The molecule has 1 aromatic heterocycles. The Hall–Kier alpha value is -3.28. The van der Waals surface area contributed by atoms with Gasteiger partial charge in [0.15, 0.2) is 0 Å². The van der Waals surface area contributed by atoms with E-state index in [0.717, 1.165) is 16.7 Å². The number of methoxy groups -OCH3 is 1. The molecule has 0 fully saturated rings. The summed E-state index contributed by atoms with van der Waals surface area (Å²) in [6.07, 6.45) is 1.71. The Labute approximate surface area is 189 Å². The van der Waals surface area contributed by atoms with Gasteiger partial charge in [-0.1, -0.05) is 35.3 Å². The van der Waals surface area contributed by atoms with E-state index < -0.39 is 5.91 Å². The highest BCUT2D eigenvalue weighted by atomic mass is 35.5. The quantitative estimate of drug-likeness (QED) is 0.357. The van der Waals surface area contributed by atoms with E-state index in [1.807, 2.05) is 43.3 Å². The van der Waals surface area contributed by atoms with Crippen molar-refractivity contribution in [3.63, 3.8) is 0 Å². The fourth-order valence-corrected chi connectivity index (χ4v) is 3.76. The average Bonchev–Trinajstić information content (AvgIpc) is 2.76. The SMILES string of the molecule is COc1ccc(Oc2c(C)cnc3c(NC(=O)c4c(Cl)cccc4Cl)cccc23)cc1. The summed E-state index contributed by atoms with van der Waals surface area (Å²) in [5, 5.41) is 4.18. The molecule has 3 aromatic carbocycles. The van der Waals surface area contributed by atoms with E-state index in [1.165, 1.54) is 0 Å². The molecule has 0 aliphatic heterocycles. The molecule has 0 bridgehead atoms. The maximum absolute atomic E-state index is 12.9. The highest BCUT2D eigenvalue weighted by Crippen LogP contribution is 2.36. The van der Waals surface area contributed by atoms with Gasteiger partial charge in [0.2, 0.25) is 0 Å². The maximum Gasteiger partial charge on any atom is 0.258 e. The minimum atomic E-state index is -0.414. The van der Waals surface area contributed by atoms with Gasteiger partial charge >= 0.3 is 0 Å². The number of para-hydroxylation sites is 1. The maximum atomic E-state index is 12.9. The third kappa shape index (κ3) is 4.29. The number of pyridine rings is 1. The van der Waals surface area contributed by atoms with E-state index in [4.69, 9.17) is 32.7 Å². The van der Waals surface area contributed by atoms with Crippen LogP contribution in [-0.4, -0.2) is 18.0 Å². The number of hydrogen-bond acceptors (Lipinski definition) is 4. The largest absolute Gasteiger partial charge is 0.497 e. The predicted molar refractivity (Wildman–Crippen MR) is 124 cm³/mol. The number of anilines is 1. The van der Waals surface area contributed by atoms with Gasteiger partial charge in [0.1, 0.15) is 17.2 Å². The second-order valence-corrected chi connectivity index (χ2v) is 7.61. The number of nitrogens with one attached hydrogen (secondary N) is 1. The van der Waals surface area contributed by atoms with Gasteiger partial charge in [0.05, 0.1) is 33.9 Å². The number of hydrogen-bond donors (Lipinski definition) is 1. The van der Waals surface area contributed by atoms with Crippen LogP contribution in [0.15, 0.2) is 66.9 Å². The number of fused-ring (bicyclic) bond motifs is 1. The van der Waals surface area contributed by atoms with E-state index in [1.54, 1.807) is 37.6 Å². The zero-order valence-corrected chi connectivity index (χ0v) is 18.3. The third-order valence-corrected chi connectivity index (χ3v) is 5.37. The smallest absolute Gasteiger partial charge is 0.258 e. The molecule has 0 aliphatic carbocycles. The van der Waals surface area contributed by atoms with Crippen LogP contribution in [0, 0.1) is 6.92 Å². The molecule has 4 rings (SSSR count). The average molecular weight is 453 g/mol. The lowest BCUT2D eigenvalue weighted by Crippen LogP contribution is -2.13. The lowest BCUT2D eigenvalue weighted by atomic mass is 10.1. The number of amides is 1. The standard InChI is InChI=1S/C24H18Cl2N2O3/c1-14-13-27-22-17(23(14)31-16-11-9-15(30-2)10-12-16)5-3-8-20(22)28-24(29)21-18(25)6-4-7-19(21)26/h3-13H,1-2H3,(H,28,29). The van der Waals surface area contributed by atoms with Crippen LogP contribution in [-0.2, 0) is 0 Å². The van der Waals surface area contributed by atoms with Crippen LogP contribution >= 0.6 is 23.2 Å². The predicted octanol–water partition coefficient (Wildman–Crippen LogP) is 6.90. The van der Waals surface area contributed by atoms with Gasteiger partial charge in [0, 0.05) is 17.1 Å². The van der Waals surface area contributed by atoms with Crippen LogP contribution < -0.4 is 14.8 Å². The number of carbonyl (C=O) groups excluding carboxylic acids is 1. The summed E-state index contributed by atoms with van der Waals surface area (Å²) in [7, 11) is 1.61. The number of aryl methyl sites for hydroxylation is 1. The molecule has 156 valence electrons. The molecule has 0 radical (unpaired) electrons. The molecular formula is C24H18Cl2N2O3. The molecule has 4 aromatic rings. The number of ether oxygens (including phenoxy) is 2. The van der Waals surface area contributed by atoms with E-state index in [2.05, 4.69) is 10.3 Å². The molecule has 0 spiro atoms. The Morgan fingerprint density at radius 1 is 0.935 bits per heavy atom. The second-order valence-electron chi connectivity index (χ2n) is 6.80. The van der Waals surface area contributed by atoms with Crippen LogP contribution in [0.3, 0.4) is 0 Å². The van der Waals surface area contributed by atoms with Gasteiger partial charge in [-0.25, -0.2) is 0 Å². The van der Waals surface area contributed by atoms with E-state index >= 15 is 0 Å². The Morgan fingerprint density at radius 2 is 1.58 bits per heavy atom. The molecule has 31 heavy (non-hydrogen) atoms. The second kappa shape index (κ2) is 8.84. The van der Waals surface area contributed by atoms with Crippen molar-refractivity contribution in [2.45, 2.75) is 6.92 Å². The van der Waals surface area contributed by atoms with Crippen molar-refractivity contribution in [2.24, 2.45) is 0 Å². The Balaban J connectivity index is 1.72. The summed E-state index contributed by atoms with van der Waals surface area (Å²) in [4.78, 5) is 17.4. The molecule has 0 saturated carbocycles. The van der Waals surface area contributed by atoms with Gasteiger partial charge in [-0.05, 0) is 55.5 Å². The number of aromatic nitrogens is 1. The van der Waals surface area contributed by atoms with Crippen LogP contribution in [0.5, 0.6) is 17.2 Å². The highest BCUT2D eigenvalue weighted by molar-refractivity contribution is 6.40. The van der Waals surface area contributed by atoms with Crippen molar-refractivity contribution < 1.29 is 14.3 Å². The monoisotopic (exact) mass is 452 g/mol. The number of halogens is 2. The number of nitrogens with zero attached hydrogens (tertiary/aromatic N) is 1. The van der Waals surface area contributed by atoms with Crippen LogP contribution in [0.4, 0.5) is 5.69 Å². The van der Waals surface area contributed by atoms with Crippen molar-refractivity contribution in [3.05, 3.63) is 88.0 Å². The molecule has 5 nitrogen and oxygen atoms in total. The van der Waals surface area contributed by atoms with E-state index in [0.29, 0.717) is 22.7 Å². The zero-order valence-electron chi connectivity index (χ0n) is 16.8. The van der Waals surface area contributed by atoms with Crippen LogP contribution in [0.2, 0.25) is 10.0 Å². The first kappa shape index (κ1) is 21.0. The first-order valence-corrected chi connectivity index (χ1v) is 10.2. The fraction of sp³-hybridized carbons (Fsp3) is 0.0833. The minimum Gasteiger partial charge on any atom is -0.497 e. The first-order chi connectivity index (χ1) is 15.0. The molecule has 0 aliphatic rings. The van der Waals surface area contributed by atoms with E-state index in [-0.39, 0.29) is 15.6 Å². The molecular weight excluding hydrogens is 435 g/mol. The normalized spacial score (nSPS) is 10.7. The lowest BCUT2D eigenvalue weighted by molar-refractivity contribution is 0.102. The van der Waals surface area contributed by atoms with Gasteiger partial charge in [-0.3, -0.25) is 9.78 Å². The summed E-state index contributed by atoms with van der Waals surface area (Å²) < 4.78 is 11.3. The fourth-order valence-electron chi connectivity index (χ4n) is 3.20. The van der Waals surface area contributed by atoms with Crippen molar-refractivity contribution in [2.75, 3.05) is 12.4 Å². The zero-order chi connectivity index (χ0) is 22.0. The van der Waals surface area contributed by atoms with Gasteiger partial charge < -0.3 is 14.8 Å². The van der Waals surface area contributed by atoms with E-state index in [9.17, 15) is 4.79 Å². The molecule has 7 heteroatoms. The Kier molecular flexibility index (Phi) is 5.98. The summed E-state index contributed by atoms with van der Waals surface area (Å²) in [5.74, 6) is 1.64. The molecule has 0 unspecified atom stereocenters. The number of benzene rings is 3. The molecule has 0 atom stereocenters. The summed E-state index contributed by atoms with van der Waals surface area (Å²) in [6, 6.07) is 17.7. The lowest BCUT2D eigenvalue weighted by Gasteiger charge is -2.15. The van der Waals surface area contributed by atoms with Gasteiger partial charge in [0.25, 0.3) is 5.91 Å². The molecule has 1 heterocycles. The van der Waals surface area contributed by atoms with Gasteiger partial charge in [-0.15, -0.1) is 0 Å². The number of rotatable bonds is 5. The van der Waals surface area contributed by atoms with Gasteiger partial charge in [-0.2, -0.15) is 0 Å². The number of carbonyl (C=O) groups is 1. The third-order valence-electron chi connectivity index (χ3n) is 4.74. The van der Waals surface area contributed by atoms with Crippen LogP contribution in [0.25, 0.3) is 10.9 Å². The van der Waals surface area contributed by atoms with Crippen LogP contribution in [0.1, 0.15) is 15.9 Å². The Bertz CT molecular complexity index is 1250. The highest BCUT2D eigenvalue weighted by Gasteiger charge is 2.17. The first-order valence-electron chi connectivity index (χ1n) is 9.43. The van der Waals surface area contributed by atoms with Crippen molar-refractivity contribution >= 4 is 45.7 Å². The summed E-state index contributed by atoms with van der Waals surface area (Å²) in [6.45, 7) is 1.92. The summed E-state index contributed by atoms with van der Waals surface area (Å²) >= 11 is 12.4. The van der Waals surface area contributed by atoms with Crippen molar-refractivity contribution in [1.82, 2.24) is 4.98 Å². The molecule has 1 N–H and O–H groups in total. The Morgan fingerprint density at radius 3 is 2.26 bits per heavy atom. The van der Waals surface area contributed by atoms with Crippen molar-refractivity contribution in [3.8, 4) is 17.2 Å². The minimum absolute atomic E-state index is 0.213. The molecule has 0 saturated heterocycles. The van der Waals surface area contributed by atoms with Crippen molar-refractivity contribution in [1.29, 1.82) is 0 Å². The topological polar surface area (TPSA) is 60.5 Å². The summed E-state index contributed by atoms with van der Waals surface area (Å²) in [5.41, 5.74) is 2.19. The molecule has 1 amide bonds.